The standard InChI is InChI=1S/C27H23F3N4O3/c28-27(29,30)23-16-20(8-7-19(23)4-2-14-35)34-25(36)9-6-18-3-1-5-21(15-18)37-22-10-11-31-24(17-22)26-32-12-13-33-26/h1,3,5,7-8,10-11,15-17,35H,6,9,12-14H2,(H,32,33)(H,34,36). The largest absolute Gasteiger partial charge is 0.457 e. The van der Waals surface area contributed by atoms with Crippen LogP contribution in [0.2, 0.25) is 0 Å². The molecule has 37 heavy (non-hydrogen) atoms. The molecule has 0 bridgehead atoms. The van der Waals surface area contributed by atoms with Crippen molar-refractivity contribution in [3.8, 4) is 23.3 Å². The number of pyridine rings is 1. The maximum absolute atomic E-state index is 13.4. The van der Waals surface area contributed by atoms with Gasteiger partial charge in [-0.05, 0) is 48.4 Å². The lowest BCUT2D eigenvalue weighted by atomic mass is 10.1. The van der Waals surface area contributed by atoms with Crippen LogP contribution in [0, 0.1) is 11.8 Å². The average molecular weight is 509 g/mol. The summed E-state index contributed by atoms with van der Waals surface area (Å²) in [7, 11) is 0. The zero-order valence-electron chi connectivity index (χ0n) is 19.6. The molecule has 190 valence electrons. The summed E-state index contributed by atoms with van der Waals surface area (Å²) in [6.07, 6.45) is -2.60. The summed E-state index contributed by atoms with van der Waals surface area (Å²) in [6, 6.07) is 14.1. The number of hydrogen-bond donors (Lipinski definition) is 3. The molecule has 0 aliphatic carbocycles. The van der Waals surface area contributed by atoms with E-state index in [1.165, 1.54) is 12.1 Å². The van der Waals surface area contributed by atoms with Gasteiger partial charge in [0.15, 0.2) is 0 Å². The number of nitrogens with zero attached hydrogens (tertiary/aromatic N) is 2. The van der Waals surface area contributed by atoms with Crippen LogP contribution >= 0.6 is 0 Å². The van der Waals surface area contributed by atoms with Gasteiger partial charge in [-0.25, -0.2) is 0 Å². The van der Waals surface area contributed by atoms with Crippen LogP contribution in [0.5, 0.6) is 11.5 Å². The second-order valence-corrected chi connectivity index (χ2v) is 8.05. The third-order valence-corrected chi connectivity index (χ3v) is 5.33. The Bertz CT molecular complexity index is 1380. The van der Waals surface area contributed by atoms with Crippen molar-refractivity contribution in [2.75, 3.05) is 25.0 Å². The van der Waals surface area contributed by atoms with Gasteiger partial charge < -0.3 is 20.5 Å². The number of carbonyl (C=O) groups excluding carboxylic acids is 1. The quantitative estimate of drug-likeness (QED) is 0.417. The van der Waals surface area contributed by atoms with Crippen LogP contribution in [0.4, 0.5) is 18.9 Å². The molecule has 3 aromatic rings. The number of amidine groups is 1. The number of aliphatic imine (C=N–C) groups is 1. The number of anilines is 1. The van der Waals surface area contributed by atoms with Gasteiger partial charge in [-0.15, -0.1) is 0 Å². The first-order chi connectivity index (χ1) is 17.8. The van der Waals surface area contributed by atoms with Gasteiger partial charge in [0.2, 0.25) is 5.91 Å². The summed E-state index contributed by atoms with van der Waals surface area (Å²) in [4.78, 5) is 21.1. The number of aliphatic hydroxyl groups excluding tert-OH is 1. The van der Waals surface area contributed by atoms with E-state index >= 15 is 0 Å². The third kappa shape index (κ3) is 7.08. The van der Waals surface area contributed by atoms with Crippen molar-refractivity contribution in [1.29, 1.82) is 0 Å². The number of alkyl halides is 3. The highest BCUT2D eigenvalue weighted by molar-refractivity contribution is 5.98. The minimum Gasteiger partial charge on any atom is -0.457 e. The highest BCUT2D eigenvalue weighted by Crippen LogP contribution is 2.33. The fourth-order valence-corrected chi connectivity index (χ4v) is 3.66. The van der Waals surface area contributed by atoms with Crippen LogP contribution < -0.4 is 15.4 Å². The fourth-order valence-electron chi connectivity index (χ4n) is 3.66. The van der Waals surface area contributed by atoms with Crippen molar-refractivity contribution in [1.82, 2.24) is 10.3 Å². The van der Waals surface area contributed by atoms with E-state index < -0.39 is 24.3 Å². The Kier molecular flexibility index (Phi) is 8.05. The molecule has 10 heteroatoms. The molecule has 1 aliphatic rings. The molecule has 0 fully saturated rings. The molecule has 0 unspecified atom stereocenters. The van der Waals surface area contributed by atoms with Crippen molar-refractivity contribution in [2.45, 2.75) is 19.0 Å². The predicted molar refractivity (Wildman–Crippen MR) is 133 cm³/mol. The first kappa shape index (κ1) is 25.7. The number of halogens is 3. The highest BCUT2D eigenvalue weighted by atomic mass is 19.4. The Hall–Kier alpha value is -4.36. The molecular weight excluding hydrogens is 485 g/mol. The van der Waals surface area contributed by atoms with Gasteiger partial charge in [0, 0.05) is 36.5 Å². The van der Waals surface area contributed by atoms with Crippen molar-refractivity contribution >= 4 is 17.4 Å². The van der Waals surface area contributed by atoms with Crippen LogP contribution in [0.25, 0.3) is 0 Å². The van der Waals surface area contributed by atoms with E-state index in [1.807, 2.05) is 6.07 Å². The highest BCUT2D eigenvalue weighted by Gasteiger charge is 2.33. The van der Waals surface area contributed by atoms with Gasteiger partial charge in [-0.1, -0.05) is 24.0 Å². The number of rotatable bonds is 7. The average Bonchev–Trinajstić information content (AvgIpc) is 3.42. The molecule has 0 radical (unpaired) electrons. The summed E-state index contributed by atoms with van der Waals surface area (Å²) in [5.74, 6) is 5.94. The van der Waals surface area contributed by atoms with Gasteiger partial charge in [0.25, 0.3) is 0 Å². The van der Waals surface area contributed by atoms with E-state index in [9.17, 15) is 18.0 Å². The number of ether oxygens (including phenoxy) is 1. The predicted octanol–water partition coefficient (Wildman–Crippen LogP) is 4.16. The molecule has 4 rings (SSSR count). The Morgan fingerprint density at radius 1 is 1.14 bits per heavy atom. The number of aryl methyl sites for hydroxylation is 1. The molecule has 0 spiro atoms. The molecule has 0 saturated heterocycles. The normalized spacial score (nSPS) is 12.7. The zero-order valence-corrected chi connectivity index (χ0v) is 19.6. The molecule has 3 N–H and O–H groups in total. The topological polar surface area (TPSA) is 95.8 Å². The van der Waals surface area contributed by atoms with E-state index in [-0.39, 0.29) is 17.7 Å². The zero-order chi connectivity index (χ0) is 26.3. The van der Waals surface area contributed by atoms with Gasteiger partial charge in [-0.2, -0.15) is 13.2 Å². The first-order valence-corrected chi connectivity index (χ1v) is 11.4. The van der Waals surface area contributed by atoms with E-state index in [0.29, 0.717) is 30.2 Å². The molecule has 1 aliphatic heterocycles. The Morgan fingerprint density at radius 3 is 2.73 bits per heavy atom. The number of benzene rings is 2. The van der Waals surface area contributed by atoms with E-state index in [0.717, 1.165) is 24.0 Å². The third-order valence-electron chi connectivity index (χ3n) is 5.33. The summed E-state index contributed by atoms with van der Waals surface area (Å²) < 4.78 is 46.1. The second-order valence-electron chi connectivity index (χ2n) is 8.05. The molecule has 2 aromatic carbocycles. The molecule has 1 aromatic heterocycles. The SMILES string of the molecule is O=C(CCc1cccc(Oc2ccnc(C3=NCCN3)c2)c1)Nc1ccc(C#CCO)c(C(F)(F)F)c1. The Morgan fingerprint density at radius 2 is 1.97 bits per heavy atom. The first-order valence-electron chi connectivity index (χ1n) is 11.4. The summed E-state index contributed by atoms with van der Waals surface area (Å²) in [6.45, 7) is 0.913. The smallest absolute Gasteiger partial charge is 0.417 e. The number of nitrogens with one attached hydrogen (secondary N) is 2. The maximum atomic E-state index is 13.4. The van der Waals surface area contributed by atoms with Gasteiger partial charge in [0.05, 0.1) is 12.1 Å². The summed E-state index contributed by atoms with van der Waals surface area (Å²) >= 11 is 0. The Balaban J connectivity index is 1.37. The van der Waals surface area contributed by atoms with Crippen molar-refractivity contribution in [3.63, 3.8) is 0 Å². The van der Waals surface area contributed by atoms with Gasteiger partial charge in [0.1, 0.15) is 29.6 Å². The lowest BCUT2D eigenvalue weighted by molar-refractivity contribution is -0.137. The van der Waals surface area contributed by atoms with Crippen molar-refractivity contribution in [3.05, 3.63) is 83.2 Å². The van der Waals surface area contributed by atoms with Crippen LogP contribution in [-0.2, 0) is 17.4 Å². The Labute approximate surface area is 211 Å². The molecule has 7 nitrogen and oxygen atoms in total. The summed E-state index contributed by atoms with van der Waals surface area (Å²) in [5.41, 5.74) is 0.273. The lowest BCUT2D eigenvalue weighted by Gasteiger charge is -2.12. The number of amides is 1. The summed E-state index contributed by atoms with van der Waals surface area (Å²) in [5, 5.41) is 14.4. The minimum atomic E-state index is -4.66. The van der Waals surface area contributed by atoms with E-state index in [1.54, 1.807) is 36.5 Å². The van der Waals surface area contributed by atoms with Crippen molar-refractivity contribution < 1.29 is 27.8 Å². The number of carbonyl (C=O) groups is 1. The lowest BCUT2D eigenvalue weighted by Crippen LogP contribution is -2.20. The van der Waals surface area contributed by atoms with Crippen LogP contribution in [-0.4, -0.2) is 41.5 Å². The minimum absolute atomic E-state index is 0.0128. The van der Waals surface area contributed by atoms with Crippen LogP contribution in [0.3, 0.4) is 0 Å². The number of aliphatic hydroxyl groups is 1. The van der Waals surface area contributed by atoms with E-state index in [4.69, 9.17) is 9.84 Å². The van der Waals surface area contributed by atoms with Crippen LogP contribution in [0.1, 0.15) is 28.8 Å². The monoisotopic (exact) mass is 508 g/mol. The molecule has 1 amide bonds. The van der Waals surface area contributed by atoms with Gasteiger partial charge >= 0.3 is 6.18 Å². The molecule has 2 heterocycles. The van der Waals surface area contributed by atoms with Gasteiger partial charge in [-0.3, -0.25) is 14.8 Å². The number of aromatic nitrogens is 1. The fraction of sp³-hybridized carbons (Fsp3) is 0.222. The second kappa shape index (κ2) is 11.6. The van der Waals surface area contributed by atoms with Crippen LogP contribution in [0.15, 0.2) is 65.8 Å². The van der Waals surface area contributed by atoms with Crippen molar-refractivity contribution in [2.24, 2.45) is 4.99 Å². The molecular formula is C27H23F3N4O3. The molecule has 0 saturated carbocycles. The maximum Gasteiger partial charge on any atom is 0.417 e. The van der Waals surface area contributed by atoms with E-state index in [2.05, 4.69) is 32.5 Å². The number of hydrogen-bond acceptors (Lipinski definition) is 6. The molecule has 0 atom stereocenters.